The first-order chi connectivity index (χ1) is 13.7. The van der Waals surface area contributed by atoms with Gasteiger partial charge in [-0.15, -0.1) is 0 Å². The molecule has 3 aliphatic rings. The van der Waals surface area contributed by atoms with Crippen LogP contribution in [0.5, 0.6) is 0 Å². The van der Waals surface area contributed by atoms with E-state index in [2.05, 4.69) is 22.1 Å². The summed E-state index contributed by atoms with van der Waals surface area (Å²) in [4.78, 5) is 34.7. The molecule has 154 valence electrons. The number of hydrogen-bond acceptors (Lipinski definition) is 5. The van der Waals surface area contributed by atoms with E-state index >= 15 is 0 Å². The first kappa shape index (κ1) is 19.4. The quantitative estimate of drug-likeness (QED) is 0.810. The Labute approximate surface area is 166 Å². The smallest absolute Gasteiger partial charge is 0.289 e. The molecular formula is C20H31N5O3. The zero-order chi connectivity index (χ0) is 19.5. The highest BCUT2D eigenvalue weighted by Crippen LogP contribution is 2.22. The number of piperazine rings is 1. The molecule has 1 unspecified atom stereocenters. The number of nitrogens with one attached hydrogen (secondary N) is 1. The Morgan fingerprint density at radius 1 is 1.14 bits per heavy atom. The normalized spacial score (nSPS) is 22.9. The lowest BCUT2D eigenvalue weighted by molar-refractivity contribution is 0.0625. The van der Waals surface area contributed by atoms with Gasteiger partial charge in [0.1, 0.15) is 5.69 Å². The zero-order valence-electron chi connectivity index (χ0n) is 16.8. The average Bonchev–Trinajstić information content (AvgIpc) is 3.39. The van der Waals surface area contributed by atoms with Crippen molar-refractivity contribution in [1.82, 2.24) is 24.7 Å². The molecule has 0 bridgehead atoms. The maximum Gasteiger partial charge on any atom is 0.289 e. The van der Waals surface area contributed by atoms with Gasteiger partial charge in [-0.05, 0) is 38.6 Å². The van der Waals surface area contributed by atoms with Gasteiger partial charge in [0.25, 0.3) is 11.8 Å². The van der Waals surface area contributed by atoms with E-state index < -0.39 is 0 Å². The number of fused-ring (bicyclic) bond motifs is 1. The van der Waals surface area contributed by atoms with Gasteiger partial charge in [-0.2, -0.15) is 0 Å². The molecule has 8 nitrogen and oxygen atoms in total. The molecule has 1 aromatic rings. The summed E-state index contributed by atoms with van der Waals surface area (Å²) < 4.78 is 7.57. The highest BCUT2D eigenvalue weighted by Gasteiger charge is 2.31. The van der Waals surface area contributed by atoms with E-state index in [0.29, 0.717) is 18.1 Å². The third kappa shape index (κ3) is 3.93. The van der Waals surface area contributed by atoms with Gasteiger partial charge in [0.15, 0.2) is 5.82 Å². The van der Waals surface area contributed by atoms with Gasteiger partial charge in [-0.3, -0.25) is 9.59 Å². The number of rotatable bonds is 5. The molecule has 0 aliphatic carbocycles. The van der Waals surface area contributed by atoms with Crippen LogP contribution in [0.1, 0.15) is 59.4 Å². The van der Waals surface area contributed by atoms with Crippen molar-refractivity contribution in [2.24, 2.45) is 0 Å². The van der Waals surface area contributed by atoms with Crippen LogP contribution in [-0.2, 0) is 17.7 Å². The van der Waals surface area contributed by atoms with Gasteiger partial charge < -0.3 is 24.4 Å². The maximum atomic E-state index is 13.1. The molecule has 28 heavy (non-hydrogen) atoms. The fraction of sp³-hybridized carbons (Fsp3) is 0.750. The first-order valence-corrected chi connectivity index (χ1v) is 10.7. The predicted molar refractivity (Wildman–Crippen MR) is 104 cm³/mol. The van der Waals surface area contributed by atoms with Gasteiger partial charge in [-0.1, -0.05) is 6.92 Å². The minimum absolute atomic E-state index is 0.0444. The molecule has 4 heterocycles. The molecule has 1 N–H and O–H groups in total. The molecule has 0 spiro atoms. The van der Waals surface area contributed by atoms with Gasteiger partial charge in [-0.25, -0.2) is 4.98 Å². The SMILES string of the molecule is CCN1CCN(C(=O)c2nc(C(=O)NCC3CCCO3)c3n2CCCC3)CC1. The Kier molecular flexibility index (Phi) is 5.96. The number of aromatic nitrogens is 2. The zero-order valence-corrected chi connectivity index (χ0v) is 16.8. The molecule has 0 radical (unpaired) electrons. The van der Waals surface area contributed by atoms with Crippen molar-refractivity contribution in [1.29, 1.82) is 0 Å². The van der Waals surface area contributed by atoms with E-state index in [4.69, 9.17) is 4.74 Å². The van der Waals surface area contributed by atoms with Crippen LogP contribution in [0.2, 0.25) is 0 Å². The van der Waals surface area contributed by atoms with Crippen LogP contribution in [0.15, 0.2) is 0 Å². The van der Waals surface area contributed by atoms with Crippen LogP contribution in [0.4, 0.5) is 0 Å². The molecular weight excluding hydrogens is 358 g/mol. The van der Waals surface area contributed by atoms with E-state index in [-0.39, 0.29) is 17.9 Å². The molecule has 0 saturated carbocycles. The molecule has 1 atom stereocenters. The predicted octanol–water partition coefficient (Wildman–Crippen LogP) is 0.906. The number of carbonyl (C=O) groups is 2. The number of amides is 2. The van der Waals surface area contributed by atoms with E-state index in [0.717, 1.165) is 83.7 Å². The van der Waals surface area contributed by atoms with Gasteiger partial charge in [0, 0.05) is 45.9 Å². The van der Waals surface area contributed by atoms with Crippen molar-refractivity contribution >= 4 is 11.8 Å². The number of hydrogen-bond donors (Lipinski definition) is 1. The van der Waals surface area contributed by atoms with Gasteiger partial charge in [0.2, 0.25) is 0 Å². The molecule has 0 aromatic carbocycles. The van der Waals surface area contributed by atoms with Crippen molar-refractivity contribution in [3.63, 3.8) is 0 Å². The second kappa shape index (κ2) is 8.61. The van der Waals surface area contributed by atoms with Crippen molar-refractivity contribution < 1.29 is 14.3 Å². The highest BCUT2D eigenvalue weighted by atomic mass is 16.5. The largest absolute Gasteiger partial charge is 0.376 e. The van der Waals surface area contributed by atoms with Gasteiger partial charge in [0.05, 0.1) is 11.8 Å². The summed E-state index contributed by atoms with van der Waals surface area (Å²) in [6.45, 7) is 8.41. The molecule has 8 heteroatoms. The topological polar surface area (TPSA) is 79.7 Å². The average molecular weight is 390 g/mol. The Hall–Kier alpha value is -1.93. The van der Waals surface area contributed by atoms with Crippen molar-refractivity contribution in [3.05, 3.63) is 17.2 Å². The molecule has 1 aromatic heterocycles. The van der Waals surface area contributed by atoms with E-state index in [1.54, 1.807) is 0 Å². The van der Waals surface area contributed by atoms with Crippen LogP contribution in [-0.4, -0.2) is 83.1 Å². The summed E-state index contributed by atoms with van der Waals surface area (Å²) in [7, 11) is 0. The fourth-order valence-corrected chi connectivity index (χ4v) is 4.39. The second-order valence-corrected chi connectivity index (χ2v) is 7.91. The number of ether oxygens (including phenoxy) is 1. The van der Waals surface area contributed by atoms with Gasteiger partial charge >= 0.3 is 0 Å². The summed E-state index contributed by atoms with van der Waals surface area (Å²) in [6.07, 6.45) is 4.97. The Morgan fingerprint density at radius 3 is 2.68 bits per heavy atom. The number of nitrogens with zero attached hydrogens (tertiary/aromatic N) is 4. The minimum atomic E-state index is -0.184. The summed E-state index contributed by atoms with van der Waals surface area (Å²) in [5.74, 6) is 0.204. The molecule has 4 rings (SSSR count). The van der Waals surface area contributed by atoms with E-state index in [9.17, 15) is 9.59 Å². The monoisotopic (exact) mass is 389 g/mol. The Morgan fingerprint density at radius 2 is 1.96 bits per heavy atom. The third-order valence-electron chi connectivity index (χ3n) is 6.15. The second-order valence-electron chi connectivity index (χ2n) is 7.91. The number of likely N-dealkylation sites (N-methyl/N-ethyl adjacent to an activating group) is 1. The molecule has 2 saturated heterocycles. The van der Waals surface area contributed by atoms with Crippen molar-refractivity contribution in [3.8, 4) is 0 Å². The lowest BCUT2D eigenvalue weighted by Crippen LogP contribution is -2.49. The summed E-state index contributed by atoms with van der Waals surface area (Å²) in [5.41, 5.74) is 1.33. The Balaban J connectivity index is 1.50. The maximum absolute atomic E-state index is 13.1. The summed E-state index contributed by atoms with van der Waals surface area (Å²) in [6, 6.07) is 0. The van der Waals surface area contributed by atoms with Crippen molar-refractivity contribution in [2.75, 3.05) is 45.9 Å². The number of imidazole rings is 1. The fourth-order valence-electron chi connectivity index (χ4n) is 4.39. The highest BCUT2D eigenvalue weighted by molar-refractivity contribution is 5.97. The lowest BCUT2D eigenvalue weighted by atomic mass is 10.1. The van der Waals surface area contributed by atoms with Crippen LogP contribution in [0.3, 0.4) is 0 Å². The molecule has 2 amide bonds. The third-order valence-corrected chi connectivity index (χ3v) is 6.15. The molecule has 3 aliphatic heterocycles. The standard InChI is InChI=1S/C20H31N5O3/c1-2-23-9-11-24(12-10-23)20(27)18-22-17(16-7-3-4-8-25(16)18)19(26)21-14-15-6-5-13-28-15/h15H,2-14H2,1H3,(H,21,26). The minimum Gasteiger partial charge on any atom is -0.376 e. The molecule has 2 fully saturated rings. The summed E-state index contributed by atoms with van der Waals surface area (Å²) in [5, 5.41) is 2.96. The van der Waals surface area contributed by atoms with Crippen molar-refractivity contribution in [2.45, 2.75) is 51.7 Å². The van der Waals surface area contributed by atoms with Crippen LogP contribution < -0.4 is 5.32 Å². The van der Waals surface area contributed by atoms with Crippen LogP contribution in [0.25, 0.3) is 0 Å². The van der Waals surface area contributed by atoms with Crippen LogP contribution in [0, 0.1) is 0 Å². The first-order valence-electron chi connectivity index (χ1n) is 10.7. The van der Waals surface area contributed by atoms with E-state index in [1.165, 1.54) is 0 Å². The van der Waals surface area contributed by atoms with Crippen LogP contribution >= 0.6 is 0 Å². The Bertz CT molecular complexity index is 718. The lowest BCUT2D eigenvalue weighted by Gasteiger charge is -2.34. The van der Waals surface area contributed by atoms with E-state index in [1.807, 2.05) is 9.47 Å². The summed E-state index contributed by atoms with van der Waals surface area (Å²) >= 11 is 0. The number of carbonyl (C=O) groups excluding carboxylic acids is 2.